The first-order valence-corrected chi connectivity index (χ1v) is 11.5. The van der Waals surface area contributed by atoms with E-state index in [2.05, 4.69) is 17.0 Å². The van der Waals surface area contributed by atoms with Crippen LogP contribution in [0.1, 0.15) is 42.4 Å². The molecule has 0 amide bonds. The van der Waals surface area contributed by atoms with Crippen molar-refractivity contribution < 1.29 is 14.6 Å². The van der Waals surface area contributed by atoms with Gasteiger partial charge in [-0.1, -0.05) is 60.7 Å². The fourth-order valence-corrected chi connectivity index (χ4v) is 4.86. The van der Waals surface area contributed by atoms with E-state index in [1.165, 1.54) is 12.8 Å². The Hall–Kier alpha value is -2.82. The van der Waals surface area contributed by atoms with Crippen LogP contribution in [0.2, 0.25) is 0 Å². The van der Waals surface area contributed by atoms with Crippen molar-refractivity contribution in [3.8, 4) is 11.5 Å². The van der Waals surface area contributed by atoms with Gasteiger partial charge in [0.2, 0.25) is 0 Å². The average Bonchev–Trinajstić information content (AvgIpc) is 3.37. The largest absolute Gasteiger partial charge is 0.496 e. The van der Waals surface area contributed by atoms with Gasteiger partial charge in [0.1, 0.15) is 17.1 Å². The van der Waals surface area contributed by atoms with Gasteiger partial charge in [0.25, 0.3) is 0 Å². The molecule has 0 bridgehead atoms. The third kappa shape index (κ3) is 4.52. The fourth-order valence-electron chi connectivity index (χ4n) is 4.86. The van der Waals surface area contributed by atoms with Crippen LogP contribution in [-0.4, -0.2) is 43.4 Å². The van der Waals surface area contributed by atoms with E-state index in [0.29, 0.717) is 12.4 Å². The van der Waals surface area contributed by atoms with E-state index in [1.807, 2.05) is 73.7 Å². The summed E-state index contributed by atoms with van der Waals surface area (Å²) in [7, 11) is 1.66. The topological polar surface area (TPSA) is 41.9 Å². The molecular weight excluding hydrogens is 398 g/mol. The number of likely N-dealkylation sites (tertiary alicyclic amines) is 1. The van der Waals surface area contributed by atoms with E-state index in [9.17, 15) is 5.11 Å². The van der Waals surface area contributed by atoms with Crippen LogP contribution in [0.15, 0.2) is 78.9 Å². The van der Waals surface area contributed by atoms with E-state index in [0.717, 1.165) is 42.1 Å². The zero-order valence-corrected chi connectivity index (χ0v) is 19.0. The van der Waals surface area contributed by atoms with Crippen molar-refractivity contribution in [3.63, 3.8) is 0 Å². The van der Waals surface area contributed by atoms with Crippen LogP contribution >= 0.6 is 0 Å². The Bertz CT molecular complexity index is 983. The summed E-state index contributed by atoms with van der Waals surface area (Å²) in [6, 6.07) is 26.0. The van der Waals surface area contributed by atoms with Gasteiger partial charge in [-0.2, -0.15) is 0 Å². The zero-order valence-electron chi connectivity index (χ0n) is 19.0. The summed E-state index contributed by atoms with van der Waals surface area (Å²) in [6.45, 7) is 5.48. The van der Waals surface area contributed by atoms with Crippen molar-refractivity contribution in [2.45, 2.75) is 31.3 Å². The lowest BCUT2D eigenvalue weighted by Crippen LogP contribution is -2.41. The monoisotopic (exact) mass is 431 g/mol. The van der Waals surface area contributed by atoms with Crippen molar-refractivity contribution >= 4 is 0 Å². The highest BCUT2D eigenvalue weighted by Gasteiger charge is 2.44. The predicted octanol–water partition coefficient (Wildman–Crippen LogP) is 5.21. The average molecular weight is 432 g/mol. The summed E-state index contributed by atoms with van der Waals surface area (Å²) in [5, 5.41) is 12.7. The minimum atomic E-state index is -1.28. The second-order valence-electron chi connectivity index (χ2n) is 8.40. The van der Waals surface area contributed by atoms with Gasteiger partial charge < -0.3 is 19.5 Å². The minimum Gasteiger partial charge on any atom is -0.496 e. The van der Waals surface area contributed by atoms with Crippen molar-refractivity contribution in [3.05, 3.63) is 95.6 Å². The van der Waals surface area contributed by atoms with Gasteiger partial charge in [-0.3, -0.25) is 0 Å². The van der Waals surface area contributed by atoms with Crippen LogP contribution in [-0.2, 0) is 5.60 Å². The molecule has 4 nitrogen and oxygen atoms in total. The Morgan fingerprint density at radius 3 is 2.22 bits per heavy atom. The number of hydrogen-bond donors (Lipinski definition) is 1. The molecule has 168 valence electrons. The second kappa shape index (κ2) is 10.2. The first kappa shape index (κ1) is 22.4. The molecule has 0 radical (unpaired) electrons. The Labute approximate surface area is 191 Å². The Balaban J connectivity index is 1.89. The molecule has 3 aromatic rings. The number of para-hydroxylation sites is 1. The first-order valence-electron chi connectivity index (χ1n) is 11.5. The molecule has 1 N–H and O–H groups in total. The highest BCUT2D eigenvalue weighted by atomic mass is 16.5. The summed E-state index contributed by atoms with van der Waals surface area (Å²) in [5.74, 6) is 1.32. The van der Waals surface area contributed by atoms with E-state index < -0.39 is 5.60 Å². The zero-order chi connectivity index (χ0) is 22.4. The Kier molecular flexibility index (Phi) is 7.13. The molecular formula is C28H33NO3. The number of aliphatic hydroxyl groups is 1. The number of hydrogen-bond acceptors (Lipinski definition) is 4. The minimum absolute atomic E-state index is 0.170. The molecule has 1 fully saturated rings. The lowest BCUT2D eigenvalue weighted by atomic mass is 9.72. The summed E-state index contributed by atoms with van der Waals surface area (Å²) in [4.78, 5) is 2.46. The van der Waals surface area contributed by atoms with Crippen molar-refractivity contribution in [2.75, 3.05) is 33.4 Å². The van der Waals surface area contributed by atoms with Gasteiger partial charge in [-0.05, 0) is 62.2 Å². The molecule has 0 aliphatic carbocycles. The van der Waals surface area contributed by atoms with Gasteiger partial charge in [-0.15, -0.1) is 0 Å². The number of benzene rings is 3. The van der Waals surface area contributed by atoms with Crippen LogP contribution < -0.4 is 9.47 Å². The van der Waals surface area contributed by atoms with E-state index in [1.54, 1.807) is 7.11 Å². The van der Waals surface area contributed by atoms with Crippen LogP contribution in [0.3, 0.4) is 0 Å². The summed E-state index contributed by atoms with van der Waals surface area (Å²) in [6.07, 6.45) is 2.41. The molecule has 0 saturated carbocycles. The number of ether oxygens (including phenoxy) is 2. The molecule has 4 heteroatoms. The smallest absolute Gasteiger partial charge is 0.126 e. The van der Waals surface area contributed by atoms with Gasteiger partial charge in [0, 0.05) is 18.0 Å². The standard InChI is InChI=1S/C28H33NO3/c1-3-32-24-17-15-23(16-18-24)28(30,25-13-7-8-14-27(25)31-2)26(21-29-19-9-10-20-29)22-11-5-4-6-12-22/h4-8,11-18,26,30H,3,9-10,19-21H2,1-2H3/t26-,28+/m0/s1. The summed E-state index contributed by atoms with van der Waals surface area (Å²) in [5.41, 5.74) is 1.45. The molecule has 1 aliphatic heterocycles. The molecule has 1 aliphatic rings. The van der Waals surface area contributed by atoms with Crippen LogP contribution in [0, 0.1) is 0 Å². The lowest BCUT2D eigenvalue weighted by molar-refractivity contribution is 0.0344. The maximum atomic E-state index is 12.7. The van der Waals surface area contributed by atoms with E-state index >= 15 is 0 Å². The molecule has 0 spiro atoms. The van der Waals surface area contributed by atoms with Crippen molar-refractivity contribution in [2.24, 2.45) is 0 Å². The number of nitrogens with zero attached hydrogens (tertiary/aromatic N) is 1. The quantitative estimate of drug-likeness (QED) is 0.505. The third-order valence-corrected chi connectivity index (χ3v) is 6.47. The normalized spacial score (nSPS) is 17.0. The van der Waals surface area contributed by atoms with Gasteiger partial charge in [0.15, 0.2) is 0 Å². The fraction of sp³-hybridized carbons (Fsp3) is 0.357. The maximum absolute atomic E-state index is 12.7. The highest BCUT2D eigenvalue weighted by Crippen LogP contribution is 2.46. The molecule has 0 aromatic heterocycles. The van der Waals surface area contributed by atoms with Crippen molar-refractivity contribution in [1.82, 2.24) is 4.90 Å². The first-order chi connectivity index (χ1) is 15.7. The van der Waals surface area contributed by atoms with E-state index in [4.69, 9.17) is 9.47 Å². The van der Waals surface area contributed by atoms with E-state index in [-0.39, 0.29) is 5.92 Å². The molecule has 2 atom stereocenters. The predicted molar refractivity (Wildman–Crippen MR) is 128 cm³/mol. The lowest BCUT2D eigenvalue weighted by Gasteiger charge is -2.40. The molecule has 3 aromatic carbocycles. The molecule has 1 saturated heterocycles. The highest BCUT2D eigenvalue weighted by molar-refractivity contribution is 5.49. The molecule has 0 unspecified atom stereocenters. The molecule has 1 heterocycles. The molecule has 32 heavy (non-hydrogen) atoms. The maximum Gasteiger partial charge on any atom is 0.126 e. The van der Waals surface area contributed by atoms with Crippen molar-refractivity contribution in [1.29, 1.82) is 0 Å². The van der Waals surface area contributed by atoms with Gasteiger partial charge >= 0.3 is 0 Å². The van der Waals surface area contributed by atoms with Crippen LogP contribution in [0.25, 0.3) is 0 Å². The Morgan fingerprint density at radius 2 is 1.56 bits per heavy atom. The summed E-state index contributed by atoms with van der Waals surface area (Å²) < 4.78 is 11.4. The number of rotatable bonds is 9. The van der Waals surface area contributed by atoms with Crippen LogP contribution in [0.5, 0.6) is 11.5 Å². The summed E-state index contributed by atoms with van der Waals surface area (Å²) >= 11 is 0. The van der Waals surface area contributed by atoms with Crippen LogP contribution in [0.4, 0.5) is 0 Å². The Morgan fingerprint density at radius 1 is 0.906 bits per heavy atom. The molecule has 4 rings (SSSR count). The van der Waals surface area contributed by atoms with Gasteiger partial charge in [-0.25, -0.2) is 0 Å². The number of methoxy groups -OCH3 is 1. The third-order valence-electron chi connectivity index (χ3n) is 6.47. The SMILES string of the molecule is CCOc1ccc([C@@](O)(c2ccccc2OC)[C@@H](CN2CCCC2)c2ccccc2)cc1. The van der Waals surface area contributed by atoms with Gasteiger partial charge in [0.05, 0.1) is 13.7 Å². The second-order valence-corrected chi connectivity index (χ2v) is 8.40.